The molecule has 0 nitrogen and oxygen atoms in total. The Morgan fingerprint density at radius 1 is 0.520 bits per heavy atom. The van der Waals surface area contributed by atoms with Crippen LogP contribution in [0.4, 0.5) is 0 Å². The van der Waals surface area contributed by atoms with Crippen LogP contribution >= 0.6 is 0 Å². The molecule has 0 aliphatic carbocycles. The molecule has 0 spiro atoms. The van der Waals surface area contributed by atoms with E-state index in [4.69, 9.17) is 0 Å². The van der Waals surface area contributed by atoms with Crippen LogP contribution in [0.25, 0.3) is 0 Å². The van der Waals surface area contributed by atoms with Gasteiger partial charge in [0.05, 0.1) is 15.2 Å². The van der Waals surface area contributed by atoms with Crippen molar-refractivity contribution in [3.05, 3.63) is 71.8 Å². The van der Waals surface area contributed by atoms with E-state index in [0.29, 0.717) is 0 Å². The van der Waals surface area contributed by atoms with Gasteiger partial charge in [-0.1, -0.05) is 87.5 Å². The molecular weight excluding hydrogens is 349 g/mol. The lowest BCUT2D eigenvalue weighted by atomic mass is 10.2. The Balaban J connectivity index is 2.63. The molecule has 128 valence electrons. The Labute approximate surface area is 156 Å². The Bertz CT molecular complexity index is 744. The van der Waals surface area contributed by atoms with E-state index in [9.17, 15) is 0 Å². The van der Waals surface area contributed by atoms with E-state index in [1.807, 2.05) is 12.1 Å². The topological polar surface area (TPSA) is 0 Å². The van der Waals surface area contributed by atoms with Gasteiger partial charge in [-0.05, 0) is 24.3 Å². The molecule has 0 N–H and O–H groups in total. The van der Waals surface area contributed by atoms with E-state index in [2.05, 4.69) is 111 Å². The smallest absolute Gasteiger partial charge is 0.117 e. The molecule has 0 aliphatic heterocycles. The van der Waals surface area contributed by atoms with E-state index in [1.165, 1.54) is 0 Å². The van der Waals surface area contributed by atoms with Crippen molar-refractivity contribution in [1.29, 1.82) is 0 Å². The largest absolute Gasteiger partial charge is 0.195 e. The molecular formula is C22H28Si3. The van der Waals surface area contributed by atoms with Gasteiger partial charge in [-0.2, -0.15) is 0 Å². The second-order valence-electron chi connectivity index (χ2n) is 8.48. The van der Waals surface area contributed by atoms with E-state index >= 15 is 0 Å². The second-order valence-corrected chi connectivity index (χ2v) is 34.5. The third-order valence-electron chi connectivity index (χ3n) is 4.59. The Morgan fingerprint density at radius 2 is 0.840 bits per heavy atom. The molecule has 0 fully saturated rings. The first-order chi connectivity index (χ1) is 11.7. The monoisotopic (exact) mass is 376 g/mol. The summed E-state index contributed by atoms with van der Waals surface area (Å²) in [4.78, 5) is 0. The molecule has 0 atom stereocenters. The molecule has 0 amide bonds. The summed E-state index contributed by atoms with van der Waals surface area (Å²) in [5.41, 5.74) is 9.89. The van der Waals surface area contributed by atoms with Crippen molar-refractivity contribution in [2.24, 2.45) is 0 Å². The molecule has 0 unspecified atom stereocenters. The molecule has 0 bridgehead atoms. The highest BCUT2D eigenvalue weighted by atomic mass is 29.6. The average Bonchev–Trinajstić information content (AvgIpc) is 2.54. The lowest BCUT2D eigenvalue weighted by molar-refractivity contribution is 1.65. The van der Waals surface area contributed by atoms with Crippen molar-refractivity contribution < 1.29 is 0 Å². The van der Waals surface area contributed by atoms with Crippen LogP contribution in [0.3, 0.4) is 0 Å². The van der Waals surface area contributed by atoms with Crippen LogP contribution in [0.15, 0.2) is 60.7 Å². The number of rotatable bonds is 2. The van der Waals surface area contributed by atoms with Crippen LogP contribution in [0.1, 0.15) is 11.1 Å². The molecule has 2 aromatic carbocycles. The third-order valence-corrected chi connectivity index (χ3v) is 38.6. The molecule has 0 radical (unpaired) electrons. The fourth-order valence-electron chi connectivity index (χ4n) is 3.28. The summed E-state index contributed by atoms with van der Waals surface area (Å²) >= 11 is 0. The highest BCUT2D eigenvalue weighted by molar-refractivity contribution is 7.74. The van der Waals surface area contributed by atoms with Crippen molar-refractivity contribution >= 4 is 22.3 Å². The summed E-state index contributed by atoms with van der Waals surface area (Å²) in [6.45, 7) is 14.8. The molecule has 25 heavy (non-hydrogen) atoms. The van der Waals surface area contributed by atoms with Gasteiger partial charge in [-0.25, -0.2) is 0 Å². The fraction of sp³-hybridized carbons (Fsp3) is 0.273. The van der Waals surface area contributed by atoms with Gasteiger partial charge >= 0.3 is 0 Å². The van der Waals surface area contributed by atoms with Crippen molar-refractivity contribution in [3.8, 4) is 22.9 Å². The van der Waals surface area contributed by atoms with Gasteiger partial charge in [0.2, 0.25) is 0 Å². The number of hydrogen-bond donors (Lipinski definition) is 0. The number of benzene rings is 2. The zero-order chi connectivity index (χ0) is 18.6. The molecule has 0 heterocycles. The van der Waals surface area contributed by atoms with Gasteiger partial charge in [-0.3, -0.25) is 0 Å². The van der Waals surface area contributed by atoms with Crippen molar-refractivity contribution in [2.75, 3.05) is 0 Å². The maximum Gasteiger partial charge on any atom is 0.195 e. The standard InChI is InChI=1S/C22H28Si3/c1-23(2,3)25(24(4,5)6,19-17-21-13-9-7-10-14-21)20-18-22-15-11-8-12-16-22/h7-16H,1-6H3. The van der Waals surface area contributed by atoms with Gasteiger partial charge in [0.25, 0.3) is 0 Å². The zero-order valence-electron chi connectivity index (χ0n) is 16.3. The minimum atomic E-state index is -2.01. The predicted molar refractivity (Wildman–Crippen MR) is 119 cm³/mol. The lowest BCUT2D eigenvalue weighted by Crippen LogP contribution is -2.70. The minimum Gasteiger partial charge on any atom is -0.117 e. The van der Waals surface area contributed by atoms with Crippen molar-refractivity contribution in [2.45, 2.75) is 39.3 Å². The highest BCUT2D eigenvalue weighted by Crippen LogP contribution is 2.28. The Hall–Kier alpha value is -1.79. The molecule has 0 saturated carbocycles. The van der Waals surface area contributed by atoms with Gasteiger partial charge < -0.3 is 0 Å². The average molecular weight is 377 g/mol. The summed E-state index contributed by atoms with van der Waals surface area (Å²) in [6, 6.07) is 20.7. The molecule has 0 saturated heterocycles. The first kappa shape index (κ1) is 19.5. The molecule has 0 aromatic heterocycles. The second kappa shape index (κ2) is 7.62. The summed E-state index contributed by atoms with van der Waals surface area (Å²) in [6.07, 6.45) is 0. The summed E-state index contributed by atoms with van der Waals surface area (Å²) in [7, 11) is -5.06. The van der Waals surface area contributed by atoms with Crippen LogP contribution in [-0.2, 0) is 0 Å². The molecule has 0 aliphatic rings. The van der Waals surface area contributed by atoms with E-state index in [0.717, 1.165) is 11.1 Å². The summed E-state index contributed by atoms with van der Waals surface area (Å²) < 4.78 is 0. The van der Waals surface area contributed by atoms with Crippen molar-refractivity contribution in [1.82, 2.24) is 0 Å². The molecule has 2 aromatic rings. The SMILES string of the molecule is C[Si](C)(C)[Si](C#Cc1ccccc1)(C#Cc1ccccc1)[Si](C)(C)C. The third kappa shape index (κ3) is 4.64. The van der Waals surface area contributed by atoms with Gasteiger partial charge in [0.15, 0.2) is 7.11 Å². The van der Waals surface area contributed by atoms with Gasteiger partial charge in [-0.15, -0.1) is 11.1 Å². The quantitative estimate of drug-likeness (QED) is 0.483. The van der Waals surface area contributed by atoms with E-state index < -0.39 is 22.3 Å². The normalized spacial score (nSPS) is 11.8. The Morgan fingerprint density at radius 3 is 1.12 bits per heavy atom. The highest BCUT2D eigenvalue weighted by Gasteiger charge is 2.54. The lowest BCUT2D eigenvalue weighted by Gasteiger charge is -2.41. The molecule has 2 rings (SSSR count). The maximum absolute atomic E-state index is 3.84. The van der Waals surface area contributed by atoms with Crippen LogP contribution in [0.2, 0.25) is 39.3 Å². The fourth-order valence-corrected chi connectivity index (χ4v) is 40.0. The van der Waals surface area contributed by atoms with Gasteiger partial charge in [0.1, 0.15) is 0 Å². The predicted octanol–water partition coefficient (Wildman–Crippen LogP) is 5.45. The van der Waals surface area contributed by atoms with Crippen LogP contribution in [0, 0.1) is 22.9 Å². The first-order valence-electron chi connectivity index (χ1n) is 8.82. The van der Waals surface area contributed by atoms with Crippen LogP contribution in [-0.4, -0.2) is 22.3 Å². The maximum atomic E-state index is 3.84. The van der Waals surface area contributed by atoms with Crippen LogP contribution in [0.5, 0.6) is 0 Å². The van der Waals surface area contributed by atoms with Gasteiger partial charge in [0, 0.05) is 11.1 Å². The zero-order valence-corrected chi connectivity index (χ0v) is 19.3. The van der Waals surface area contributed by atoms with E-state index in [-0.39, 0.29) is 0 Å². The summed E-state index contributed by atoms with van der Waals surface area (Å²) in [5.74, 6) is 7.03. The summed E-state index contributed by atoms with van der Waals surface area (Å²) in [5, 5.41) is 0. The van der Waals surface area contributed by atoms with Crippen LogP contribution < -0.4 is 0 Å². The molecule has 3 heteroatoms. The minimum absolute atomic E-state index is 1.11. The first-order valence-corrected chi connectivity index (χ1v) is 19.8. The number of hydrogen-bond acceptors (Lipinski definition) is 0. The Kier molecular flexibility index (Phi) is 5.95. The van der Waals surface area contributed by atoms with E-state index in [1.54, 1.807) is 0 Å². The van der Waals surface area contributed by atoms with Crippen molar-refractivity contribution in [3.63, 3.8) is 0 Å².